The van der Waals surface area contributed by atoms with E-state index in [1.807, 2.05) is 48.5 Å². The Morgan fingerprint density at radius 2 is 1.52 bits per heavy atom. The number of thiocarbonyl (C=S) groups is 1. The number of nitrogens with zero attached hydrogens (tertiary/aromatic N) is 1. The average molecular weight is 448 g/mol. The zero-order valence-electron chi connectivity index (χ0n) is 17.2. The number of hydrogen-bond donors (Lipinski definition) is 0. The lowest BCUT2D eigenvalue weighted by atomic mass is 10.1. The molecule has 156 valence electrons. The highest BCUT2D eigenvalue weighted by molar-refractivity contribution is 7.80. The Balaban J connectivity index is 1.63. The molecule has 0 radical (unpaired) electrons. The number of carbonyl (C=O) groups excluding carboxylic acids is 1. The second-order valence-corrected chi connectivity index (χ2v) is 8.70. The molecule has 0 fully saturated rings. The molecule has 31 heavy (non-hydrogen) atoms. The second kappa shape index (κ2) is 9.37. The van der Waals surface area contributed by atoms with Crippen LogP contribution >= 0.6 is 23.6 Å². The molecule has 0 saturated heterocycles. The van der Waals surface area contributed by atoms with E-state index in [0.717, 1.165) is 15.2 Å². The van der Waals surface area contributed by atoms with Crippen LogP contribution in [0.5, 0.6) is 11.5 Å². The summed E-state index contributed by atoms with van der Waals surface area (Å²) in [6, 6.07) is 22.5. The summed E-state index contributed by atoms with van der Waals surface area (Å²) < 4.78 is 12.5. The predicted molar refractivity (Wildman–Crippen MR) is 128 cm³/mol. The van der Waals surface area contributed by atoms with Gasteiger partial charge >= 0.3 is 5.97 Å². The zero-order valence-corrected chi connectivity index (χ0v) is 18.8. The van der Waals surface area contributed by atoms with Crippen LogP contribution in [0.2, 0.25) is 0 Å². The van der Waals surface area contributed by atoms with Gasteiger partial charge in [-0.25, -0.2) is 4.98 Å². The molecule has 4 aromatic rings. The first kappa shape index (κ1) is 21.2. The Morgan fingerprint density at radius 1 is 0.935 bits per heavy atom. The fourth-order valence-corrected chi connectivity index (χ4v) is 4.63. The van der Waals surface area contributed by atoms with E-state index in [9.17, 15) is 4.79 Å². The van der Waals surface area contributed by atoms with E-state index in [1.54, 1.807) is 12.1 Å². The highest BCUT2D eigenvalue weighted by Gasteiger charge is 2.27. The van der Waals surface area contributed by atoms with E-state index in [4.69, 9.17) is 26.7 Å². The van der Waals surface area contributed by atoms with E-state index in [1.165, 1.54) is 22.5 Å². The third kappa shape index (κ3) is 5.16. The van der Waals surface area contributed by atoms with Crippen LogP contribution in [0.1, 0.15) is 28.5 Å². The van der Waals surface area contributed by atoms with Gasteiger partial charge in [-0.15, -0.1) is 11.3 Å². The molecule has 0 spiro atoms. The van der Waals surface area contributed by atoms with Crippen LogP contribution in [0.4, 0.5) is 0 Å². The van der Waals surface area contributed by atoms with Gasteiger partial charge in [0.2, 0.25) is 0 Å². The number of fused-ring (bicyclic) bond motifs is 1. The lowest BCUT2D eigenvalue weighted by Crippen LogP contribution is -2.22. The normalized spacial score (nSPS) is 11.8. The number of thiazole rings is 1. The number of esters is 1. The van der Waals surface area contributed by atoms with Gasteiger partial charge in [-0.05, 0) is 73.6 Å². The number of aromatic nitrogens is 1. The summed E-state index contributed by atoms with van der Waals surface area (Å²) >= 11 is 7.14. The molecule has 0 aliphatic rings. The largest absolute Gasteiger partial charge is 0.450 e. The van der Waals surface area contributed by atoms with Crippen molar-refractivity contribution in [3.05, 3.63) is 88.9 Å². The van der Waals surface area contributed by atoms with Crippen molar-refractivity contribution in [3.63, 3.8) is 0 Å². The molecule has 4 rings (SSSR count). The fraction of sp³-hybridized carbons (Fsp3) is 0.160. The van der Waals surface area contributed by atoms with Crippen molar-refractivity contribution < 1.29 is 14.3 Å². The van der Waals surface area contributed by atoms with Gasteiger partial charge in [0.1, 0.15) is 16.5 Å². The maximum Gasteiger partial charge on any atom is 0.312 e. The summed E-state index contributed by atoms with van der Waals surface area (Å²) in [7, 11) is 0. The van der Waals surface area contributed by atoms with E-state index in [-0.39, 0.29) is 12.4 Å². The van der Waals surface area contributed by atoms with Gasteiger partial charge in [0, 0.05) is 0 Å². The maximum atomic E-state index is 12.7. The zero-order chi connectivity index (χ0) is 21.8. The number of carbonyl (C=O) groups is 1. The van der Waals surface area contributed by atoms with Crippen molar-refractivity contribution in [1.82, 2.24) is 4.98 Å². The molecule has 1 unspecified atom stereocenters. The summed E-state index contributed by atoms with van der Waals surface area (Å²) in [6.07, 6.45) is 0.0400. The molecule has 0 aliphatic carbocycles. The molecule has 3 aromatic carbocycles. The molecule has 0 saturated carbocycles. The number of para-hydroxylation sites is 2. The Hall–Kier alpha value is -3.09. The Morgan fingerprint density at radius 3 is 2.16 bits per heavy atom. The third-order valence-corrected chi connectivity index (χ3v) is 6.41. The molecule has 4 nitrogen and oxygen atoms in total. The minimum Gasteiger partial charge on any atom is -0.450 e. The van der Waals surface area contributed by atoms with Crippen molar-refractivity contribution in [2.24, 2.45) is 0 Å². The van der Waals surface area contributed by atoms with Crippen LogP contribution in [-0.4, -0.2) is 16.0 Å². The Labute approximate surface area is 190 Å². The summed E-state index contributed by atoms with van der Waals surface area (Å²) in [5.74, 6) is 0.240. The molecule has 0 bridgehead atoms. The van der Waals surface area contributed by atoms with Gasteiger partial charge in [0.05, 0.1) is 22.6 Å². The predicted octanol–water partition coefficient (Wildman–Crippen LogP) is 6.40. The lowest BCUT2D eigenvalue weighted by molar-refractivity contribution is -0.134. The maximum absolute atomic E-state index is 12.7. The van der Waals surface area contributed by atoms with Crippen molar-refractivity contribution in [1.29, 1.82) is 0 Å². The van der Waals surface area contributed by atoms with Gasteiger partial charge < -0.3 is 9.47 Å². The number of aryl methyl sites for hydroxylation is 2. The summed E-state index contributed by atoms with van der Waals surface area (Å²) in [5, 5.41) is 1.04. The van der Waals surface area contributed by atoms with Crippen molar-refractivity contribution in [3.8, 4) is 11.5 Å². The number of ether oxygens (including phenoxy) is 2. The van der Waals surface area contributed by atoms with Crippen LogP contribution in [0.15, 0.2) is 72.8 Å². The smallest absolute Gasteiger partial charge is 0.312 e. The van der Waals surface area contributed by atoms with Gasteiger partial charge in [0.25, 0.3) is 0 Å². The number of hydrogen-bond acceptors (Lipinski definition) is 6. The molecule has 1 heterocycles. The van der Waals surface area contributed by atoms with E-state index in [2.05, 4.69) is 26.0 Å². The average Bonchev–Trinajstić information content (AvgIpc) is 3.16. The molecule has 6 heteroatoms. The Kier molecular flexibility index (Phi) is 6.39. The highest BCUT2D eigenvalue weighted by Crippen LogP contribution is 2.33. The summed E-state index contributed by atoms with van der Waals surface area (Å²) in [6.45, 7) is 4.14. The standard InChI is InChI=1S/C25H21NO3S2/c1-16-13-21-22(14-17(16)2)31-24(26-21)20(25(30)29-19-11-7-4-8-12-19)15-23(27)28-18-9-5-3-6-10-18/h3-14,20H,15H2,1-2H3. The monoisotopic (exact) mass is 447 g/mol. The van der Waals surface area contributed by atoms with Gasteiger partial charge in [-0.3, -0.25) is 4.79 Å². The van der Waals surface area contributed by atoms with E-state index < -0.39 is 5.92 Å². The molecule has 0 amide bonds. The van der Waals surface area contributed by atoms with Crippen LogP contribution in [0, 0.1) is 13.8 Å². The lowest BCUT2D eigenvalue weighted by Gasteiger charge is -2.16. The van der Waals surface area contributed by atoms with Crippen LogP contribution in [-0.2, 0) is 4.79 Å². The van der Waals surface area contributed by atoms with E-state index >= 15 is 0 Å². The first-order valence-corrected chi connectivity index (χ1v) is 11.1. The second-order valence-electron chi connectivity index (χ2n) is 7.23. The first-order valence-electron chi connectivity index (χ1n) is 9.90. The summed E-state index contributed by atoms with van der Waals surface area (Å²) in [5.41, 5.74) is 3.27. The highest BCUT2D eigenvalue weighted by atomic mass is 32.1. The third-order valence-electron chi connectivity index (χ3n) is 4.91. The number of rotatable bonds is 6. The molecule has 1 aromatic heterocycles. The SMILES string of the molecule is Cc1cc2nc(C(CC(=O)Oc3ccccc3)C(=S)Oc3ccccc3)sc2cc1C. The Bertz CT molecular complexity index is 1180. The van der Waals surface area contributed by atoms with Crippen molar-refractivity contribution >= 4 is 44.8 Å². The van der Waals surface area contributed by atoms with Gasteiger partial charge in [-0.2, -0.15) is 0 Å². The first-order chi connectivity index (χ1) is 15.0. The molecular formula is C25H21NO3S2. The topological polar surface area (TPSA) is 48.4 Å². The quantitative estimate of drug-likeness (QED) is 0.194. The number of benzene rings is 3. The molecule has 0 N–H and O–H groups in total. The minimum atomic E-state index is -0.496. The van der Waals surface area contributed by atoms with Crippen LogP contribution < -0.4 is 9.47 Å². The molecular weight excluding hydrogens is 426 g/mol. The van der Waals surface area contributed by atoms with Crippen LogP contribution in [0.25, 0.3) is 10.2 Å². The van der Waals surface area contributed by atoms with Gasteiger partial charge in [0.15, 0.2) is 5.05 Å². The minimum absolute atomic E-state index is 0.0400. The van der Waals surface area contributed by atoms with Crippen molar-refractivity contribution in [2.45, 2.75) is 26.2 Å². The van der Waals surface area contributed by atoms with E-state index in [0.29, 0.717) is 16.5 Å². The molecule has 0 aliphatic heterocycles. The molecule has 1 atom stereocenters. The van der Waals surface area contributed by atoms with Crippen LogP contribution in [0.3, 0.4) is 0 Å². The van der Waals surface area contributed by atoms with Gasteiger partial charge in [-0.1, -0.05) is 36.4 Å². The van der Waals surface area contributed by atoms with Crippen molar-refractivity contribution in [2.75, 3.05) is 0 Å². The summed E-state index contributed by atoms with van der Waals surface area (Å²) in [4.78, 5) is 17.5. The fourth-order valence-electron chi connectivity index (χ4n) is 3.12.